The lowest BCUT2D eigenvalue weighted by atomic mass is 10.1. The summed E-state index contributed by atoms with van der Waals surface area (Å²) in [6, 6.07) is 5.87. The summed E-state index contributed by atoms with van der Waals surface area (Å²) in [4.78, 5) is 16.2. The molecule has 1 aromatic rings. The molecule has 5 heteroatoms. The molecule has 1 heterocycles. The Morgan fingerprint density at radius 3 is 2.62 bits per heavy atom. The average molecular weight is 292 g/mol. The first kappa shape index (κ1) is 15.8. The van der Waals surface area contributed by atoms with Crippen molar-refractivity contribution in [3.63, 3.8) is 0 Å². The summed E-state index contributed by atoms with van der Waals surface area (Å²) in [7, 11) is 0. The fourth-order valence-electron chi connectivity index (χ4n) is 2.47. The van der Waals surface area contributed by atoms with Crippen LogP contribution < -0.4 is 4.74 Å². The van der Waals surface area contributed by atoms with Crippen molar-refractivity contribution < 1.29 is 14.6 Å². The predicted molar refractivity (Wildman–Crippen MR) is 81.5 cm³/mol. The fraction of sp³-hybridized carbons (Fsp3) is 0.562. The smallest absolute Gasteiger partial charge is 0.260 e. The van der Waals surface area contributed by atoms with Gasteiger partial charge in [-0.2, -0.15) is 0 Å². The van der Waals surface area contributed by atoms with E-state index in [0.29, 0.717) is 19.6 Å². The lowest BCUT2D eigenvalue weighted by molar-refractivity contribution is -0.135. The number of β-amino-alcohol motifs (C(OH)–C–C–N with tert-alkyl or cyclic N) is 1. The zero-order valence-corrected chi connectivity index (χ0v) is 12.8. The Bertz CT molecular complexity index is 482. The van der Waals surface area contributed by atoms with E-state index in [1.165, 1.54) is 0 Å². The Hall–Kier alpha value is -1.59. The van der Waals surface area contributed by atoms with Gasteiger partial charge in [-0.05, 0) is 31.0 Å². The highest BCUT2D eigenvalue weighted by Crippen LogP contribution is 2.20. The van der Waals surface area contributed by atoms with Gasteiger partial charge in [-0.25, -0.2) is 0 Å². The van der Waals surface area contributed by atoms with Crippen molar-refractivity contribution >= 4 is 5.91 Å². The Kier molecular flexibility index (Phi) is 5.59. The Labute approximate surface area is 126 Å². The number of aliphatic hydroxyl groups is 1. The minimum atomic E-state index is 0.0274. The van der Waals surface area contributed by atoms with Crippen molar-refractivity contribution in [2.24, 2.45) is 0 Å². The van der Waals surface area contributed by atoms with E-state index < -0.39 is 0 Å². The first-order valence-corrected chi connectivity index (χ1v) is 7.42. The molecule has 0 aliphatic carbocycles. The molecule has 0 aromatic heterocycles. The van der Waals surface area contributed by atoms with E-state index in [1.54, 1.807) is 0 Å². The number of carbonyl (C=O) groups excluding carboxylic acids is 1. The van der Waals surface area contributed by atoms with Gasteiger partial charge in [0.15, 0.2) is 6.61 Å². The number of hydrogen-bond acceptors (Lipinski definition) is 4. The molecular formula is C16H24N2O3. The van der Waals surface area contributed by atoms with Crippen molar-refractivity contribution in [2.45, 2.75) is 13.8 Å². The van der Waals surface area contributed by atoms with Gasteiger partial charge in [0.2, 0.25) is 0 Å². The largest absolute Gasteiger partial charge is 0.483 e. The highest BCUT2D eigenvalue weighted by molar-refractivity contribution is 5.78. The molecule has 1 N–H and O–H groups in total. The van der Waals surface area contributed by atoms with Crippen molar-refractivity contribution in [1.82, 2.24) is 9.80 Å². The molecule has 1 aliphatic heterocycles. The number of aryl methyl sites for hydroxylation is 1. The lowest BCUT2D eigenvalue weighted by Gasteiger charge is -2.34. The van der Waals surface area contributed by atoms with E-state index in [1.807, 2.05) is 36.9 Å². The topological polar surface area (TPSA) is 53.0 Å². The van der Waals surface area contributed by atoms with Crippen LogP contribution in [0.5, 0.6) is 5.75 Å². The van der Waals surface area contributed by atoms with Gasteiger partial charge in [0.25, 0.3) is 5.91 Å². The predicted octanol–water partition coefficient (Wildman–Crippen LogP) is 0.819. The molecule has 0 spiro atoms. The van der Waals surface area contributed by atoms with Crippen LogP contribution in [0.2, 0.25) is 0 Å². The van der Waals surface area contributed by atoms with E-state index in [0.717, 1.165) is 30.0 Å². The van der Waals surface area contributed by atoms with E-state index >= 15 is 0 Å². The van der Waals surface area contributed by atoms with E-state index in [4.69, 9.17) is 9.84 Å². The van der Waals surface area contributed by atoms with Gasteiger partial charge < -0.3 is 14.7 Å². The zero-order chi connectivity index (χ0) is 15.2. The van der Waals surface area contributed by atoms with Crippen molar-refractivity contribution in [3.05, 3.63) is 29.3 Å². The summed E-state index contributed by atoms with van der Waals surface area (Å²) >= 11 is 0. The van der Waals surface area contributed by atoms with Crippen LogP contribution in [0.4, 0.5) is 0 Å². The SMILES string of the molecule is Cc1cccc(OCC(=O)N2CCN(CCO)CC2)c1C. The van der Waals surface area contributed by atoms with E-state index in [9.17, 15) is 4.79 Å². The van der Waals surface area contributed by atoms with Crippen LogP contribution >= 0.6 is 0 Å². The molecule has 1 amide bonds. The normalized spacial score (nSPS) is 16.0. The number of piperazine rings is 1. The quantitative estimate of drug-likeness (QED) is 0.873. The van der Waals surface area contributed by atoms with Crippen LogP contribution in [0.25, 0.3) is 0 Å². The molecule has 0 bridgehead atoms. The molecule has 0 atom stereocenters. The van der Waals surface area contributed by atoms with Gasteiger partial charge >= 0.3 is 0 Å². The molecule has 5 nitrogen and oxygen atoms in total. The van der Waals surface area contributed by atoms with E-state index in [2.05, 4.69) is 4.90 Å². The monoisotopic (exact) mass is 292 g/mol. The molecule has 2 rings (SSSR count). The molecule has 1 aromatic carbocycles. The molecule has 0 radical (unpaired) electrons. The van der Waals surface area contributed by atoms with Gasteiger partial charge in [0.05, 0.1) is 6.61 Å². The molecule has 1 saturated heterocycles. The van der Waals surface area contributed by atoms with Crippen molar-refractivity contribution in [1.29, 1.82) is 0 Å². The minimum absolute atomic E-state index is 0.0274. The number of nitrogens with zero attached hydrogens (tertiary/aromatic N) is 2. The Morgan fingerprint density at radius 1 is 1.24 bits per heavy atom. The third kappa shape index (κ3) is 4.19. The standard InChI is InChI=1S/C16H24N2O3/c1-13-4-3-5-15(14(13)2)21-12-16(20)18-8-6-17(7-9-18)10-11-19/h3-5,19H,6-12H2,1-2H3. The van der Waals surface area contributed by atoms with Crippen LogP contribution in [-0.4, -0.2) is 66.8 Å². The molecule has 1 fully saturated rings. The van der Waals surface area contributed by atoms with Gasteiger partial charge in [-0.15, -0.1) is 0 Å². The number of ether oxygens (including phenoxy) is 1. The van der Waals surface area contributed by atoms with Crippen molar-refractivity contribution in [3.8, 4) is 5.75 Å². The third-order valence-electron chi connectivity index (χ3n) is 4.05. The number of carbonyl (C=O) groups is 1. The first-order valence-electron chi connectivity index (χ1n) is 7.42. The summed E-state index contributed by atoms with van der Waals surface area (Å²) in [5, 5.41) is 8.91. The highest BCUT2D eigenvalue weighted by atomic mass is 16.5. The lowest BCUT2D eigenvalue weighted by Crippen LogP contribution is -2.50. The summed E-state index contributed by atoms with van der Waals surface area (Å²) < 4.78 is 5.66. The summed E-state index contributed by atoms with van der Waals surface area (Å²) in [6.45, 7) is 8.01. The fourth-order valence-corrected chi connectivity index (χ4v) is 2.47. The first-order chi connectivity index (χ1) is 10.1. The molecule has 21 heavy (non-hydrogen) atoms. The second-order valence-electron chi connectivity index (χ2n) is 5.43. The average Bonchev–Trinajstić information content (AvgIpc) is 2.49. The zero-order valence-electron chi connectivity index (χ0n) is 12.8. The Balaban J connectivity index is 1.81. The number of aliphatic hydroxyl groups excluding tert-OH is 1. The second-order valence-corrected chi connectivity index (χ2v) is 5.43. The van der Waals surface area contributed by atoms with Gasteiger partial charge in [-0.1, -0.05) is 12.1 Å². The summed E-state index contributed by atoms with van der Waals surface area (Å²) in [6.07, 6.45) is 0. The highest BCUT2D eigenvalue weighted by Gasteiger charge is 2.21. The van der Waals surface area contributed by atoms with Crippen LogP contribution in [0.1, 0.15) is 11.1 Å². The van der Waals surface area contributed by atoms with E-state index in [-0.39, 0.29) is 19.1 Å². The number of rotatable bonds is 5. The Morgan fingerprint density at radius 2 is 1.95 bits per heavy atom. The number of benzene rings is 1. The van der Waals surface area contributed by atoms with Crippen LogP contribution in [0.3, 0.4) is 0 Å². The minimum Gasteiger partial charge on any atom is -0.483 e. The molecule has 1 aliphatic rings. The van der Waals surface area contributed by atoms with Crippen LogP contribution in [0, 0.1) is 13.8 Å². The maximum Gasteiger partial charge on any atom is 0.260 e. The number of hydrogen-bond donors (Lipinski definition) is 1. The summed E-state index contributed by atoms with van der Waals surface area (Å²) in [5.74, 6) is 0.807. The van der Waals surface area contributed by atoms with Crippen LogP contribution in [-0.2, 0) is 4.79 Å². The third-order valence-corrected chi connectivity index (χ3v) is 4.05. The maximum absolute atomic E-state index is 12.2. The molecular weight excluding hydrogens is 268 g/mol. The van der Waals surface area contributed by atoms with Crippen LogP contribution in [0.15, 0.2) is 18.2 Å². The maximum atomic E-state index is 12.2. The summed E-state index contributed by atoms with van der Waals surface area (Å²) in [5.41, 5.74) is 2.25. The molecule has 0 unspecified atom stereocenters. The van der Waals surface area contributed by atoms with Gasteiger partial charge in [-0.3, -0.25) is 9.69 Å². The number of amides is 1. The van der Waals surface area contributed by atoms with Gasteiger partial charge in [0.1, 0.15) is 5.75 Å². The van der Waals surface area contributed by atoms with Gasteiger partial charge in [0, 0.05) is 32.7 Å². The van der Waals surface area contributed by atoms with Crippen molar-refractivity contribution in [2.75, 3.05) is 45.9 Å². The molecule has 116 valence electrons. The second kappa shape index (κ2) is 7.43. The molecule has 0 saturated carbocycles.